The number of hydrogen-bond acceptors (Lipinski definition) is 8. The molecule has 0 bridgehead atoms. The normalized spacial score (nSPS) is 14.0. The van der Waals surface area contributed by atoms with Crippen molar-refractivity contribution in [1.29, 1.82) is 0 Å². The summed E-state index contributed by atoms with van der Waals surface area (Å²) in [6, 6.07) is 8.77. The zero-order valence-corrected chi connectivity index (χ0v) is 27.0. The summed E-state index contributed by atoms with van der Waals surface area (Å²) in [4.78, 5) is 26.9. The number of carbonyl (C=O) groups excluding carboxylic acids is 2. The van der Waals surface area contributed by atoms with Gasteiger partial charge in [0.2, 0.25) is 0 Å². The van der Waals surface area contributed by atoms with E-state index in [1.807, 2.05) is 12.1 Å². The molecule has 41 heavy (non-hydrogen) atoms. The summed E-state index contributed by atoms with van der Waals surface area (Å²) in [5.74, 6) is 0.200. The van der Waals surface area contributed by atoms with Gasteiger partial charge in [0.1, 0.15) is 11.4 Å². The third kappa shape index (κ3) is 5.94. The van der Waals surface area contributed by atoms with Gasteiger partial charge in [0.05, 0.1) is 30.1 Å². The summed E-state index contributed by atoms with van der Waals surface area (Å²) in [7, 11) is -4.83. The van der Waals surface area contributed by atoms with E-state index in [0.717, 1.165) is 6.26 Å². The van der Waals surface area contributed by atoms with E-state index >= 15 is 0 Å². The molecule has 222 valence electrons. The monoisotopic (exact) mass is 602 g/mol. The van der Waals surface area contributed by atoms with Gasteiger partial charge in [-0.15, -0.1) is 0 Å². The highest BCUT2D eigenvalue weighted by molar-refractivity contribution is 7.86. The first kappa shape index (κ1) is 30.4. The van der Waals surface area contributed by atoms with Crippen LogP contribution in [0.5, 0.6) is 17.2 Å². The fourth-order valence-corrected chi connectivity index (χ4v) is 5.92. The highest BCUT2D eigenvalue weighted by atomic mass is 32.2. The first-order valence-corrected chi connectivity index (χ1v) is 18.0. The van der Waals surface area contributed by atoms with Crippen molar-refractivity contribution >= 4 is 41.3 Å². The number of nitrogens with one attached hydrogen (secondary N) is 1. The Bertz CT molecular complexity index is 1660. The Balaban J connectivity index is 2.07. The van der Waals surface area contributed by atoms with Crippen LogP contribution in [-0.2, 0) is 21.4 Å². The van der Waals surface area contributed by atoms with Crippen LogP contribution < -0.4 is 18.7 Å². The standard InChI is InChI=1S/C29H38N2O8SSi/c1-28(2,3)37-27(33)31-20-12-11-13-22(39-41(9,10)29(4,5)6)17(20)14-21(31)18-15-23(36-7)25(38-40(8,34)35)19-16-30-26(32)24(18)19/h11-15H,16H2,1-10H3,(H,30,32). The Labute approximate surface area is 242 Å². The molecule has 0 spiro atoms. The second-order valence-electron chi connectivity index (χ2n) is 12.7. The molecule has 0 atom stereocenters. The Kier molecular flexibility index (Phi) is 7.49. The summed E-state index contributed by atoms with van der Waals surface area (Å²) in [6.45, 7) is 16.0. The van der Waals surface area contributed by atoms with Gasteiger partial charge in [-0.2, -0.15) is 8.42 Å². The van der Waals surface area contributed by atoms with Crippen LogP contribution in [-0.4, -0.2) is 52.3 Å². The molecule has 4 rings (SSSR count). The molecule has 0 radical (unpaired) electrons. The van der Waals surface area contributed by atoms with E-state index in [-0.39, 0.29) is 28.6 Å². The lowest BCUT2D eigenvalue weighted by Crippen LogP contribution is -2.43. The fourth-order valence-electron chi connectivity index (χ4n) is 4.40. The largest absolute Gasteiger partial charge is 0.543 e. The SMILES string of the molecule is COc1cc(-c2cc3c(O[Si](C)(C)C(C)(C)C)cccc3n2C(=O)OC(C)(C)C)c2c(c1OS(C)(=O)=O)CNC2=O. The first-order valence-electron chi connectivity index (χ1n) is 13.2. The van der Waals surface area contributed by atoms with Crippen molar-refractivity contribution < 1.29 is 36.1 Å². The molecular weight excluding hydrogens is 564 g/mol. The van der Waals surface area contributed by atoms with Crippen LogP contribution in [0.4, 0.5) is 4.79 Å². The molecule has 1 aliphatic heterocycles. The van der Waals surface area contributed by atoms with Gasteiger partial charge >= 0.3 is 16.2 Å². The maximum atomic E-state index is 13.7. The molecule has 0 aliphatic carbocycles. The minimum absolute atomic E-state index is 0.0234. The van der Waals surface area contributed by atoms with E-state index in [0.29, 0.717) is 33.5 Å². The van der Waals surface area contributed by atoms with E-state index in [1.165, 1.54) is 17.7 Å². The van der Waals surface area contributed by atoms with Gasteiger partial charge in [-0.05, 0) is 63.2 Å². The molecule has 1 aromatic heterocycles. The number of methoxy groups -OCH3 is 1. The van der Waals surface area contributed by atoms with Crippen molar-refractivity contribution in [2.45, 2.75) is 71.8 Å². The molecule has 0 saturated heterocycles. The fraction of sp³-hybridized carbons (Fsp3) is 0.448. The molecule has 0 saturated carbocycles. The third-order valence-corrected chi connectivity index (χ3v) is 12.1. The second-order valence-corrected chi connectivity index (χ2v) is 19.0. The number of benzene rings is 2. The van der Waals surface area contributed by atoms with Gasteiger partial charge in [-0.1, -0.05) is 26.8 Å². The summed E-state index contributed by atoms with van der Waals surface area (Å²) in [5.41, 5.74) is 0.946. The maximum absolute atomic E-state index is 13.7. The minimum atomic E-state index is -3.93. The zero-order chi connectivity index (χ0) is 30.7. The van der Waals surface area contributed by atoms with E-state index in [1.54, 1.807) is 32.9 Å². The van der Waals surface area contributed by atoms with Crippen LogP contribution in [0.15, 0.2) is 30.3 Å². The number of rotatable bonds is 6. The Hall–Kier alpha value is -3.51. The predicted octanol–water partition coefficient (Wildman–Crippen LogP) is 6.07. The quantitative estimate of drug-likeness (QED) is 0.267. The first-order chi connectivity index (χ1) is 18.7. The average Bonchev–Trinajstić information content (AvgIpc) is 3.38. The molecule has 12 heteroatoms. The molecule has 1 aliphatic rings. The number of carbonyl (C=O) groups is 2. The van der Waals surface area contributed by atoms with Gasteiger partial charge in [-0.3, -0.25) is 4.79 Å². The van der Waals surface area contributed by atoms with Crippen LogP contribution in [0.3, 0.4) is 0 Å². The highest BCUT2D eigenvalue weighted by Crippen LogP contribution is 2.46. The number of aromatic nitrogens is 1. The molecule has 10 nitrogen and oxygen atoms in total. The number of hydrogen-bond donors (Lipinski definition) is 1. The molecule has 0 unspecified atom stereocenters. The lowest BCUT2D eigenvalue weighted by molar-refractivity contribution is 0.0546. The summed E-state index contributed by atoms with van der Waals surface area (Å²) in [5, 5.41) is 3.33. The number of amides is 1. The number of nitrogens with zero attached hydrogens (tertiary/aromatic N) is 1. The molecule has 3 aromatic rings. The van der Waals surface area contributed by atoms with Gasteiger partial charge in [0.25, 0.3) is 14.2 Å². The maximum Gasteiger partial charge on any atom is 0.419 e. The average molecular weight is 603 g/mol. The van der Waals surface area contributed by atoms with Crippen LogP contribution >= 0.6 is 0 Å². The third-order valence-electron chi connectivity index (χ3n) is 7.28. The second kappa shape index (κ2) is 10.1. The lowest BCUT2D eigenvalue weighted by Gasteiger charge is -2.36. The van der Waals surface area contributed by atoms with Crippen LogP contribution in [0.1, 0.15) is 57.5 Å². The van der Waals surface area contributed by atoms with E-state index < -0.39 is 36.0 Å². The van der Waals surface area contributed by atoms with Crippen molar-refractivity contribution in [3.8, 4) is 28.5 Å². The van der Waals surface area contributed by atoms with Crippen molar-refractivity contribution in [2.75, 3.05) is 13.4 Å². The van der Waals surface area contributed by atoms with Gasteiger partial charge in [0.15, 0.2) is 11.5 Å². The van der Waals surface area contributed by atoms with Crippen molar-refractivity contribution in [3.63, 3.8) is 0 Å². The predicted molar refractivity (Wildman–Crippen MR) is 160 cm³/mol. The van der Waals surface area contributed by atoms with Crippen molar-refractivity contribution in [1.82, 2.24) is 9.88 Å². The molecule has 1 amide bonds. The Morgan fingerprint density at radius 1 is 1.05 bits per heavy atom. The molecule has 2 heterocycles. The van der Waals surface area contributed by atoms with E-state index in [2.05, 4.69) is 39.2 Å². The van der Waals surface area contributed by atoms with E-state index in [9.17, 15) is 18.0 Å². The highest BCUT2D eigenvalue weighted by Gasteiger charge is 2.40. The van der Waals surface area contributed by atoms with Crippen LogP contribution in [0, 0.1) is 0 Å². The molecular formula is C29H38N2O8SSi. The molecule has 2 aromatic carbocycles. The zero-order valence-electron chi connectivity index (χ0n) is 25.2. The van der Waals surface area contributed by atoms with Crippen LogP contribution in [0.2, 0.25) is 18.1 Å². The van der Waals surface area contributed by atoms with Crippen LogP contribution in [0.25, 0.3) is 22.2 Å². The summed E-state index contributed by atoms with van der Waals surface area (Å²) in [6.07, 6.45) is 0.274. The van der Waals surface area contributed by atoms with Gasteiger partial charge in [-0.25, -0.2) is 9.36 Å². The topological polar surface area (TPSA) is 122 Å². The smallest absolute Gasteiger partial charge is 0.419 e. The van der Waals surface area contributed by atoms with Gasteiger partial charge in [0, 0.05) is 23.1 Å². The Morgan fingerprint density at radius 3 is 2.27 bits per heavy atom. The number of fused-ring (bicyclic) bond motifs is 2. The lowest BCUT2D eigenvalue weighted by atomic mass is 9.98. The van der Waals surface area contributed by atoms with Crippen molar-refractivity contribution in [2.24, 2.45) is 0 Å². The molecule has 1 N–H and O–H groups in total. The summed E-state index contributed by atoms with van der Waals surface area (Å²) >= 11 is 0. The van der Waals surface area contributed by atoms with Crippen molar-refractivity contribution in [3.05, 3.63) is 41.5 Å². The molecule has 0 fully saturated rings. The Morgan fingerprint density at radius 2 is 1.71 bits per heavy atom. The summed E-state index contributed by atoms with van der Waals surface area (Å²) < 4.78 is 48.8. The van der Waals surface area contributed by atoms with Gasteiger partial charge < -0.3 is 23.4 Å². The minimum Gasteiger partial charge on any atom is -0.543 e. The van der Waals surface area contributed by atoms with E-state index in [4.69, 9.17) is 18.1 Å². The number of ether oxygens (including phenoxy) is 2.